The van der Waals surface area contributed by atoms with Gasteiger partial charge in [0.2, 0.25) is 10.0 Å². The maximum Gasteiger partial charge on any atom is 0.271 e. The van der Waals surface area contributed by atoms with Gasteiger partial charge in [-0.3, -0.25) is 4.79 Å². The van der Waals surface area contributed by atoms with Crippen LogP contribution in [-0.4, -0.2) is 38.2 Å². The summed E-state index contributed by atoms with van der Waals surface area (Å²) in [7, 11) is -3.51. The Balaban J connectivity index is 2.60. The molecule has 9 heteroatoms. The Hall–Kier alpha value is -1.38. The van der Waals surface area contributed by atoms with E-state index in [9.17, 15) is 13.2 Å². The van der Waals surface area contributed by atoms with Crippen molar-refractivity contribution >= 4 is 33.3 Å². The highest BCUT2D eigenvalue weighted by atomic mass is 35.5. The molecule has 1 aromatic heterocycles. The molecule has 0 fully saturated rings. The highest BCUT2D eigenvalue weighted by Crippen LogP contribution is 2.16. The molecule has 0 aliphatic rings. The largest absolute Gasteiger partial charge is 0.370 e. The van der Waals surface area contributed by atoms with E-state index in [1.807, 2.05) is 6.92 Å². The van der Waals surface area contributed by atoms with Gasteiger partial charge in [0, 0.05) is 13.1 Å². The van der Waals surface area contributed by atoms with Crippen LogP contribution in [0.1, 0.15) is 23.8 Å². The number of carbonyl (C=O) groups is 1. The molecule has 0 saturated heterocycles. The number of hydrogen-bond acceptors (Lipinski definition) is 5. The van der Waals surface area contributed by atoms with Crippen LogP contribution in [0.5, 0.6) is 0 Å². The summed E-state index contributed by atoms with van der Waals surface area (Å²) in [6.45, 7) is 2.76. The fourth-order valence-corrected chi connectivity index (χ4v) is 2.18. The zero-order valence-corrected chi connectivity index (χ0v) is 12.6. The van der Waals surface area contributed by atoms with E-state index in [0.29, 0.717) is 12.4 Å². The minimum Gasteiger partial charge on any atom is -0.370 e. The van der Waals surface area contributed by atoms with Crippen molar-refractivity contribution in [2.45, 2.75) is 13.3 Å². The third-order valence-electron chi connectivity index (χ3n) is 2.31. The molecule has 0 radical (unpaired) electrons. The van der Waals surface area contributed by atoms with Gasteiger partial charge in [-0.25, -0.2) is 18.5 Å². The molecule has 0 unspecified atom stereocenters. The van der Waals surface area contributed by atoms with Crippen molar-refractivity contribution < 1.29 is 13.2 Å². The number of nitrogens with zero attached hydrogens (tertiary/aromatic N) is 1. The lowest BCUT2D eigenvalue weighted by atomic mass is 10.3. The zero-order valence-electron chi connectivity index (χ0n) is 11.0. The van der Waals surface area contributed by atoms with Crippen LogP contribution in [0.4, 0.5) is 5.82 Å². The number of sulfonamides is 1. The van der Waals surface area contributed by atoms with Crippen LogP contribution in [0.3, 0.4) is 0 Å². The molecule has 20 heavy (non-hydrogen) atoms. The minimum absolute atomic E-state index is 0.0979. The number of amides is 1. The van der Waals surface area contributed by atoms with Crippen molar-refractivity contribution in [2.24, 2.45) is 5.14 Å². The number of hydrogen-bond donors (Lipinski definition) is 3. The van der Waals surface area contributed by atoms with E-state index in [4.69, 9.17) is 16.7 Å². The van der Waals surface area contributed by atoms with Gasteiger partial charge < -0.3 is 10.6 Å². The SMILES string of the molecule is CCNc1ccc(Cl)c(C(=O)NCCCS(N)(=O)=O)n1. The van der Waals surface area contributed by atoms with Gasteiger partial charge >= 0.3 is 0 Å². The maximum absolute atomic E-state index is 11.9. The molecule has 0 bridgehead atoms. The van der Waals surface area contributed by atoms with Gasteiger partial charge in [-0.05, 0) is 25.5 Å². The highest BCUT2D eigenvalue weighted by Gasteiger charge is 2.13. The first-order valence-electron chi connectivity index (χ1n) is 6.02. The molecule has 0 aliphatic carbocycles. The molecule has 0 atom stereocenters. The van der Waals surface area contributed by atoms with Gasteiger partial charge in [-0.15, -0.1) is 0 Å². The number of anilines is 1. The summed E-state index contributed by atoms with van der Waals surface area (Å²) in [4.78, 5) is 16.0. The van der Waals surface area contributed by atoms with Crippen LogP contribution < -0.4 is 15.8 Å². The zero-order chi connectivity index (χ0) is 15.2. The van der Waals surface area contributed by atoms with Gasteiger partial charge in [-0.2, -0.15) is 0 Å². The molecule has 0 saturated carbocycles. The first kappa shape index (κ1) is 16.7. The maximum atomic E-state index is 11.9. The second kappa shape index (κ2) is 7.41. The number of nitrogens with two attached hydrogens (primary N) is 1. The van der Waals surface area contributed by atoms with Crippen molar-refractivity contribution in [3.8, 4) is 0 Å². The fraction of sp³-hybridized carbons (Fsp3) is 0.455. The topological polar surface area (TPSA) is 114 Å². The molecule has 1 amide bonds. The van der Waals surface area contributed by atoms with E-state index >= 15 is 0 Å². The van der Waals surface area contributed by atoms with Crippen LogP contribution in [0.15, 0.2) is 12.1 Å². The molecule has 7 nitrogen and oxygen atoms in total. The van der Waals surface area contributed by atoms with E-state index in [1.54, 1.807) is 12.1 Å². The van der Waals surface area contributed by atoms with Crippen LogP contribution in [-0.2, 0) is 10.0 Å². The van der Waals surface area contributed by atoms with Crippen LogP contribution in [0, 0.1) is 0 Å². The predicted octanol–water partition coefficient (Wildman–Crippen LogP) is 0.575. The smallest absolute Gasteiger partial charge is 0.271 e. The van der Waals surface area contributed by atoms with Crippen molar-refractivity contribution in [3.05, 3.63) is 22.8 Å². The molecule has 0 spiro atoms. The van der Waals surface area contributed by atoms with Gasteiger partial charge in [0.1, 0.15) is 11.5 Å². The van der Waals surface area contributed by atoms with Gasteiger partial charge in [0.25, 0.3) is 5.91 Å². The average molecular weight is 321 g/mol. The highest BCUT2D eigenvalue weighted by molar-refractivity contribution is 7.89. The number of primary sulfonamides is 1. The molecule has 0 aromatic carbocycles. The van der Waals surface area contributed by atoms with Crippen molar-refractivity contribution in [3.63, 3.8) is 0 Å². The summed E-state index contributed by atoms with van der Waals surface area (Å²) in [5.74, 6) is -0.0953. The fourth-order valence-electron chi connectivity index (χ4n) is 1.44. The Bertz CT molecular complexity index is 577. The monoisotopic (exact) mass is 320 g/mol. The molecule has 4 N–H and O–H groups in total. The first-order valence-corrected chi connectivity index (χ1v) is 8.12. The third kappa shape index (κ3) is 5.72. The normalized spacial score (nSPS) is 11.2. The molecular formula is C11H17ClN4O3S. The number of nitrogens with one attached hydrogen (secondary N) is 2. The first-order chi connectivity index (χ1) is 9.33. The summed E-state index contributed by atoms with van der Waals surface area (Å²) in [5.41, 5.74) is 0.0979. The van der Waals surface area contributed by atoms with Crippen LogP contribution in [0.2, 0.25) is 5.02 Å². The molecule has 1 rings (SSSR count). The number of carbonyl (C=O) groups excluding carboxylic acids is 1. The second-order valence-corrected chi connectivity index (χ2v) is 6.17. The standard InChI is InChI=1S/C11H17ClN4O3S/c1-2-14-9-5-4-8(12)10(16-9)11(17)15-6-3-7-20(13,18)19/h4-5H,2-3,6-7H2,1H3,(H,14,16)(H,15,17)(H2,13,18,19). The quantitative estimate of drug-likeness (QED) is 0.636. The average Bonchev–Trinajstić information content (AvgIpc) is 2.36. The summed E-state index contributed by atoms with van der Waals surface area (Å²) < 4.78 is 21.5. The number of pyridine rings is 1. The van der Waals surface area contributed by atoms with Crippen molar-refractivity contribution in [2.75, 3.05) is 24.2 Å². The summed E-state index contributed by atoms with van der Waals surface area (Å²) in [6, 6.07) is 3.25. The van der Waals surface area contributed by atoms with E-state index in [0.717, 1.165) is 0 Å². The van der Waals surface area contributed by atoms with E-state index in [1.165, 1.54) is 0 Å². The Morgan fingerprint density at radius 2 is 2.15 bits per heavy atom. The predicted molar refractivity (Wildman–Crippen MR) is 78.3 cm³/mol. The lowest BCUT2D eigenvalue weighted by Crippen LogP contribution is -2.28. The van der Waals surface area contributed by atoms with Gasteiger partial charge in [-0.1, -0.05) is 11.6 Å². The minimum atomic E-state index is -3.51. The third-order valence-corrected chi connectivity index (χ3v) is 3.47. The Kier molecular flexibility index (Phi) is 6.18. The summed E-state index contributed by atoms with van der Waals surface area (Å²) in [6.07, 6.45) is 0.231. The van der Waals surface area contributed by atoms with Crippen LogP contribution >= 0.6 is 11.6 Å². The van der Waals surface area contributed by atoms with Crippen molar-refractivity contribution in [1.82, 2.24) is 10.3 Å². The summed E-state index contributed by atoms with van der Waals surface area (Å²) >= 11 is 5.91. The Labute approximate surface area is 123 Å². The Morgan fingerprint density at radius 1 is 1.45 bits per heavy atom. The number of rotatable bonds is 7. The van der Waals surface area contributed by atoms with E-state index in [2.05, 4.69) is 15.6 Å². The van der Waals surface area contributed by atoms with E-state index in [-0.39, 0.29) is 29.4 Å². The number of aromatic nitrogens is 1. The number of halogens is 1. The lowest BCUT2D eigenvalue weighted by molar-refractivity contribution is 0.0949. The molecule has 1 heterocycles. The van der Waals surface area contributed by atoms with Crippen LogP contribution in [0.25, 0.3) is 0 Å². The van der Waals surface area contributed by atoms with Gasteiger partial charge in [0.05, 0.1) is 10.8 Å². The van der Waals surface area contributed by atoms with Crippen molar-refractivity contribution in [1.29, 1.82) is 0 Å². The van der Waals surface area contributed by atoms with E-state index < -0.39 is 15.9 Å². The molecular weight excluding hydrogens is 304 g/mol. The summed E-state index contributed by atoms with van der Waals surface area (Å²) in [5, 5.41) is 10.6. The Morgan fingerprint density at radius 3 is 2.75 bits per heavy atom. The molecule has 112 valence electrons. The molecule has 1 aromatic rings. The second-order valence-electron chi connectivity index (χ2n) is 4.03. The molecule has 0 aliphatic heterocycles. The van der Waals surface area contributed by atoms with Gasteiger partial charge in [0.15, 0.2) is 0 Å². The lowest BCUT2D eigenvalue weighted by Gasteiger charge is -2.08.